The van der Waals surface area contributed by atoms with Crippen molar-refractivity contribution in [2.24, 2.45) is 5.73 Å². The van der Waals surface area contributed by atoms with Gasteiger partial charge in [-0.15, -0.1) is 0 Å². The van der Waals surface area contributed by atoms with E-state index in [2.05, 4.69) is 6.92 Å². The van der Waals surface area contributed by atoms with Crippen LogP contribution in [0.4, 0.5) is 0 Å². The van der Waals surface area contributed by atoms with Gasteiger partial charge in [0, 0.05) is 12.1 Å². The second-order valence-corrected chi connectivity index (χ2v) is 5.28. The Morgan fingerprint density at radius 2 is 1.64 bits per heavy atom. The largest absolute Gasteiger partial charge is 0.361 e. The Kier molecular flexibility index (Phi) is 5.87. The Labute approximate surface area is 132 Å². The van der Waals surface area contributed by atoms with E-state index in [0.717, 1.165) is 12.0 Å². The number of Topliss-reactive ketones (excluding diaryl/α,β-unsaturated/α-hetero) is 1. The lowest BCUT2D eigenvalue weighted by Crippen LogP contribution is -2.40. The van der Waals surface area contributed by atoms with Gasteiger partial charge < -0.3 is 10.5 Å². The molecule has 1 unspecified atom stereocenters. The first-order chi connectivity index (χ1) is 10.7. The molecule has 0 saturated carbocycles. The lowest BCUT2D eigenvalue weighted by molar-refractivity contribution is -0.0319. The number of rotatable bonds is 8. The van der Waals surface area contributed by atoms with Crippen molar-refractivity contribution in [2.45, 2.75) is 25.4 Å². The molecule has 2 rings (SSSR count). The molecular weight excluding hydrogens is 274 g/mol. The Bertz CT molecular complexity index is 583. The molecule has 2 aromatic carbocycles. The van der Waals surface area contributed by atoms with Gasteiger partial charge in [0.05, 0.1) is 6.61 Å². The van der Waals surface area contributed by atoms with Gasteiger partial charge in [0.25, 0.3) is 0 Å². The molecule has 0 bridgehead atoms. The Morgan fingerprint density at radius 1 is 1.05 bits per heavy atom. The fourth-order valence-corrected chi connectivity index (χ4v) is 2.73. The first kappa shape index (κ1) is 16.4. The Balaban J connectivity index is 2.49. The minimum Gasteiger partial charge on any atom is -0.361 e. The van der Waals surface area contributed by atoms with Gasteiger partial charge in [0.15, 0.2) is 11.4 Å². The van der Waals surface area contributed by atoms with E-state index in [1.165, 1.54) is 0 Å². The van der Waals surface area contributed by atoms with Crippen molar-refractivity contribution in [3.8, 4) is 0 Å². The lowest BCUT2D eigenvalue weighted by Gasteiger charge is -2.33. The number of carbonyl (C=O) groups excluding carboxylic acids is 1. The molecule has 2 aromatic rings. The molecule has 3 heteroatoms. The lowest BCUT2D eigenvalue weighted by atomic mass is 9.82. The molecule has 0 saturated heterocycles. The maximum absolute atomic E-state index is 13.2. The molecule has 0 fully saturated rings. The van der Waals surface area contributed by atoms with Gasteiger partial charge in [-0.25, -0.2) is 0 Å². The number of nitrogens with two attached hydrogens (primary N) is 1. The minimum atomic E-state index is -0.962. The molecule has 2 N–H and O–H groups in total. The Morgan fingerprint density at radius 3 is 2.18 bits per heavy atom. The number of hydrogen-bond acceptors (Lipinski definition) is 3. The third-order valence-corrected chi connectivity index (χ3v) is 3.71. The van der Waals surface area contributed by atoms with E-state index in [-0.39, 0.29) is 5.78 Å². The van der Waals surface area contributed by atoms with Crippen LogP contribution in [0, 0.1) is 0 Å². The van der Waals surface area contributed by atoms with Crippen LogP contribution in [0.5, 0.6) is 0 Å². The molecule has 3 nitrogen and oxygen atoms in total. The minimum absolute atomic E-state index is 0.00500. The summed E-state index contributed by atoms with van der Waals surface area (Å²) in [5.41, 5.74) is 6.20. The first-order valence-electron chi connectivity index (χ1n) is 7.74. The summed E-state index contributed by atoms with van der Waals surface area (Å²) in [5.74, 6) is -0.00500. The average Bonchev–Trinajstić information content (AvgIpc) is 2.59. The van der Waals surface area contributed by atoms with E-state index < -0.39 is 5.60 Å². The van der Waals surface area contributed by atoms with Gasteiger partial charge in [0.1, 0.15) is 0 Å². The van der Waals surface area contributed by atoms with Crippen molar-refractivity contribution in [2.75, 3.05) is 13.2 Å². The predicted molar refractivity (Wildman–Crippen MR) is 88.8 cm³/mol. The second-order valence-electron chi connectivity index (χ2n) is 5.28. The highest BCUT2D eigenvalue weighted by molar-refractivity contribution is 6.03. The SMILES string of the molecule is CCCC(OCCN)(C(=O)c1ccccc1)c1ccccc1. The maximum atomic E-state index is 13.2. The molecule has 0 aliphatic rings. The third kappa shape index (κ3) is 3.43. The van der Waals surface area contributed by atoms with E-state index in [1.54, 1.807) is 0 Å². The number of ether oxygens (including phenoxy) is 1. The summed E-state index contributed by atoms with van der Waals surface area (Å²) in [7, 11) is 0. The zero-order valence-corrected chi connectivity index (χ0v) is 13.0. The highest BCUT2D eigenvalue weighted by Crippen LogP contribution is 2.34. The molecule has 0 amide bonds. The van der Waals surface area contributed by atoms with Gasteiger partial charge in [-0.1, -0.05) is 74.0 Å². The van der Waals surface area contributed by atoms with Gasteiger partial charge >= 0.3 is 0 Å². The molecule has 22 heavy (non-hydrogen) atoms. The van der Waals surface area contributed by atoms with E-state index in [1.807, 2.05) is 60.7 Å². The van der Waals surface area contributed by atoms with Crippen LogP contribution in [-0.2, 0) is 10.3 Å². The number of hydrogen-bond donors (Lipinski definition) is 1. The quantitative estimate of drug-likeness (QED) is 0.758. The van der Waals surface area contributed by atoms with E-state index >= 15 is 0 Å². The number of carbonyl (C=O) groups is 1. The number of benzene rings is 2. The predicted octanol–water partition coefficient (Wildman–Crippen LogP) is 3.54. The molecule has 0 aliphatic carbocycles. The van der Waals surface area contributed by atoms with E-state index in [9.17, 15) is 4.79 Å². The summed E-state index contributed by atoms with van der Waals surface area (Å²) in [6.45, 7) is 2.80. The summed E-state index contributed by atoms with van der Waals surface area (Å²) in [6, 6.07) is 19.0. The van der Waals surface area contributed by atoms with Crippen molar-refractivity contribution in [3.63, 3.8) is 0 Å². The molecule has 116 valence electrons. The van der Waals surface area contributed by atoms with Crippen molar-refractivity contribution in [3.05, 3.63) is 71.8 Å². The highest BCUT2D eigenvalue weighted by atomic mass is 16.5. The summed E-state index contributed by atoms with van der Waals surface area (Å²) >= 11 is 0. The van der Waals surface area contributed by atoms with Crippen LogP contribution < -0.4 is 5.73 Å². The van der Waals surface area contributed by atoms with Crippen LogP contribution in [0.15, 0.2) is 60.7 Å². The normalized spacial score (nSPS) is 13.5. The summed E-state index contributed by atoms with van der Waals surface area (Å²) in [6.07, 6.45) is 1.47. The van der Waals surface area contributed by atoms with E-state index in [4.69, 9.17) is 10.5 Å². The van der Waals surface area contributed by atoms with Crippen molar-refractivity contribution in [1.82, 2.24) is 0 Å². The van der Waals surface area contributed by atoms with Crippen LogP contribution >= 0.6 is 0 Å². The van der Waals surface area contributed by atoms with Crippen LogP contribution in [0.3, 0.4) is 0 Å². The van der Waals surface area contributed by atoms with E-state index in [0.29, 0.717) is 25.1 Å². The van der Waals surface area contributed by atoms with Gasteiger partial charge in [-0.2, -0.15) is 0 Å². The summed E-state index contributed by atoms with van der Waals surface area (Å²) in [5, 5.41) is 0. The number of ketones is 1. The van der Waals surface area contributed by atoms with Gasteiger partial charge in [-0.05, 0) is 12.0 Å². The third-order valence-electron chi connectivity index (χ3n) is 3.71. The zero-order valence-electron chi connectivity index (χ0n) is 13.0. The van der Waals surface area contributed by atoms with Crippen LogP contribution in [0.2, 0.25) is 0 Å². The molecule has 0 radical (unpaired) electrons. The van der Waals surface area contributed by atoms with Crippen molar-refractivity contribution in [1.29, 1.82) is 0 Å². The average molecular weight is 297 g/mol. The summed E-state index contributed by atoms with van der Waals surface area (Å²) < 4.78 is 6.05. The molecule has 0 aromatic heterocycles. The molecule has 0 spiro atoms. The maximum Gasteiger partial charge on any atom is 0.199 e. The van der Waals surface area contributed by atoms with Gasteiger partial charge in [0.2, 0.25) is 0 Å². The smallest absolute Gasteiger partial charge is 0.199 e. The fourth-order valence-electron chi connectivity index (χ4n) is 2.73. The van der Waals surface area contributed by atoms with Crippen molar-refractivity contribution >= 4 is 5.78 Å². The topological polar surface area (TPSA) is 52.3 Å². The molecule has 1 atom stereocenters. The molecule has 0 heterocycles. The second kappa shape index (κ2) is 7.87. The van der Waals surface area contributed by atoms with Crippen LogP contribution in [0.1, 0.15) is 35.7 Å². The zero-order chi connectivity index (χ0) is 15.8. The van der Waals surface area contributed by atoms with Crippen LogP contribution in [0.25, 0.3) is 0 Å². The fraction of sp³-hybridized carbons (Fsp3) is 0.316. The van der Waals surface area contributed by atoms with Gasteiger partial charge in [-0.3, -0.25) is 4.79 Å². The van der Waals surface area contributed by atoms with Crippen LogP contribution in [-0.4, -0.2) is 18.9 Å². The first-order valence-corrected chi connectivity index (χ1v) is 7.74. The standard InChI is InChI=1S/C19H23NO2/c1-2-13-19(22-15-14-20,17-11-7-4-8-12-17)18(21)16-9-5-3-6-10-16/h3-12H,2,13-15,20H2,1H3. The molecular formula is C19H23NO2. The Hall–Kier alpha value is -1.97. The summed E-state index contributed by atoms with van der Waals surface area (Å²) in [4.78, 5) is 13.2. The highest BCUT2D eigenvalue weighted by Gasteiger charge is 2.40. The monoisotopic (exact) mass is 297 g/mol. The van der Waals surface area contributed by atoms with Crippen molar-refractivity contribution < 1.29 is 9.53 Å². The molecule has 0 aliphatic heterocycles.